The monoisotopic (exact) mass is 397 g/mol. The van der Waals surface area contributed by atoms with Crippen molar-refractivity contribution in [1.82, 2.24) is 14.5 Å². The second kappa shape index (κ2) is 10.6. The standard InChI is InChI=1S/C19H31N3O4S/c1-3-4-5-6-11-20-19(23)16-21-12-14-22(15-13-21)27(24,25)18-9-7-17(26-2)8-10-18/h7-10H,3-6,11-16H2,1-2H3,(H,20,23). The molecule has 27 heavy (non-hydrogen) atoms. The SMILES string of the molecule is CCCCCCNC(=O)CN1CCN(S(=O)(=O)c2ccc(OC)cc2)CC1. The molecule has 1 saturated heterocycles. The molecule has 1 heterocycles. The van der Waals surface area contributed by atoms with E-state index in [1.807, 2.05) is 4.90 Å². The second-order valence-electron chi connectivity index (χ2n) is 6.77. The summed E-state index contributed by atoms with van der Waals surface area (Å²) in [5.41, 5.74) is 0. The molecule has 1 N–H and O–H groups in total. The lowest BCUT2D eigenvalue weighted by molar-refractivity contribution is -0.122. The predicted octanol–water partition coefficient (Wildman–Crippen LogP) is 1.70. The summed E-state index contributed by atoms with van der Waals surface area (Å²) in [6.07, 6.45) is 4.52. The smallest absolute Gasteiger partial charge is 0.243 e. The van der Waals surface area contributed by atoms with Gasteiger partial charge in [-0.3, -0.25) is 9.69 Å². The number of sulfonamides is 1. The Bertz CT molecular complexity index is 683. The summed E-state index contributed by atoms with van der Waals surface area (Å²) in [6.45, 7) is 5.08. The molecule has 1 aliphatic heterocycles. The van der Waals surface area contributed by atoms with E-state index in [1.165, 1.54) is 17.1 Å². The Morgan fingerprint density at radius 3 is 2.33 bits per heavy atom. The second-order valence-corrected chi connectivity index (χ2v) is 8.70. The third-order valence-corrected chi connectivity index (χ3v) is 6.66. The van der Waals surface area contributed by atoms with Gasteiger partial charge in [-0.25, -0.2) is 8.42 Å². The van der Waals surface area contributed by atoms with E-state index in [-0.39, 0.29) is 10.8 Å². The largest absolute Gasteiger partial charge is 0.497 e. The molecule has 0 spiro atoms. The quantitative estimate of drug-likeness (QED) is 0.608. The van der Waals surface area contributed by atoms with E-state index >= 15 is 0 Å². The van der Waals surface area contributed by atoms with Gasteiger partial charge in [0.05, 0.1) is 18.6 Å². The summed E-state index contributed by atoms with van der Waals surface area (Å²) in [4.78, 5) is 14.3. The van der Waals surface area contributed by atoms with Crippen LogP contribution in [0.4, 0.5) is 0 Å². The molecule has 1 aliphatic rings. The van der Waals surface area contributed by atoms with Gasteiger partial charge >= 0.3 is 0 Å². The molecule has 0 atom stereocenters. The molecule has 0 bridgehead atoms. The number of ether oxygens (including phenoxy) is 1. The summed E-state index contributed by atoms with van der Waals surface area (Å²) in [7, 11) is -1.97. The number of piperazine rings is 1. The maximum Gasteiger partial charge on any atom is 0.243 e. The fourth-order valence-electron chi connectivity index (χ4n) is 3.06. The number of unbranched alkanes of at least 4 members (excludes halogenated alkanes) is 3. The lowest BCUT2D eigenvalue weighted by atomic mass is 10.2. The van der Waals surface area contributed by atoms with Crippen LogP contribution in [0, 0.1) is 0 Å². The average molecular weight is 398 g/mol. The van der Waals surface area contributed by atoms with E-state index in [9.17, 15) is 13.2 Å². The number of rotatable bonds is 10. The number of nitrogens with zero attached hydrogens (tertiary/aromatic N) is 2. The molecule has 0 aromatic heterocycles. The van der Waals surface area contributed by atoms with Crippen molar-refractivity contribution in [3.05, 3.63) is 24.3 Å². The zero-order valence-corrected chi connectivity index (χ0v) is 17.1. The predicted molar refractivity (Wildman–Crippen MR) is 105 cm³/mol. The van der Waals surface area contributed by atoms with Crippen LogP contribution in [0.3, 0.4) is 0 Å². The molecule has 1 fully saturated rings. The fourth-order valence-corrected chi connectivity index (χ4v) is 4.49. The maximum absolute atomic E-state index is 12.7. The minimum Gasteiger partial charge on any atom is -0.497 e. The van der Waals surface area contributed by atoms with Gasteiger partial charge in [0.2, 0.25) is 15.9 Å². The van der Waals surface area contributed by atoms with Crippen LogP contribution >= 0.6 is 0 Å². The van der Waals surface area contributed by atoms with Crippen LogP contribution in [0.2, 0.25) is 0 Å². The molecule has 8 heteroatoms. The zero-order chi connectivity index (χ0) is 19.7. The fraction of sp³-hybridized carbons (Fsp3) is 0.632. The van der Waals surface area contributed by atoms with Gasteiger partial charge in [-0.1, -0.05) is 26.2 Å². The van der Waals surface area contributed by atoms with Gasteiger partial charge in [-0.15, -0.1) is 0 Å². The number of benzene rings is 1. The molecule has 1 aromatic rings. The van der Waals surface area contributed by atoms with Gasteiger partial charge in [0, 0.05) is 32.7 Å². The van der Waals surface area contributed by atoms with E-state index in [0.717, 1.165) is 12.8 Å². The highest BCUT2D eigenvalue weighted by molar-refractivity contribution is 7.89. The summed E-state index contributed by atoms with van der Waals surface area (Å²) in [6, 6.07) is 6.42. The number of nitrogens with one attached hydrogen (secondary N) is 1. The third kappa shape index (κ3) is 6.48. The lowest BCUT2D eigenvalue weighted by Gasteiger charge is -2.33. The first kappa shape index (κ1) is 21.7. The van der Waals surface area contributed by atoms with Gasteiger partial charge in [0.25, 0.3) is 0 Å². The van der Waals surface area contributed by atoms with E-state index in [2.05, 4.69) is 12.2 Å². The van der Waals surface area contributed by atoms with Crippen molar-refractivity contribution >= 4 is 15.9 Å². The Hall–Kier alpha value is -1.64. The molecule has 7 nitrogen and oxygen atoms in total. The van der Waals surface area contributed by atoms with Crippen LogP contribution in [-0.2, 0) is 14.8 Å². The first-order valence-corrected chi connectivity index (χ1v) is 11.0. The molecule has 0 unspecified atom stereocenters. The van der Waals surface area contributed by atoms with Crippen molar-refractivity contribution in [2.45, 2.75) is 37.5 Å². The number of carbonyl (C=O) groups is 1. The van der Waals surface area contributed by atoms with Crippen molar-refractivity contribution in [3.63, 3.8) is 0 Å². The van der Waals surface area contributed by atoms with Crippen molar-refractivity contribution in [1.29, 1.82) is 0 Å². The number of amides is 1. The highest BCUT2D eigenvalue weighted by atomic mass is 32.2. The minimum atomic E-state index is -3.51. The molecular formula is C19H31N3O4S. The topological polar surface area (TPSA) is 79.0 Å². The summed E-state index contributed by atoms with van der Waals surface area (Å²) in [5, 5.41) is 2.94. The van der Waals surface area contributed by atoms with Crippen molar-refractivity contribution in [2.75, 3.05) is 46.4 Å². The zero-order valence-electron chi connectivity index (χ0n) is 16.3. The highest BCUT2D eigenvalue weighted by Crippen LogP contribution is 2.20. The van der Waals surface area contributed by atoms with Crippen LogP contribution < -0.4 is 10.1 Å². The van der Waals surface area contributed by atoms with Crippen LogP contribution in [0.25, 0.3) is 0 Å². The Balaban J connectivity index is 1.77. The minimum absolute atomic E-state index is 0.0120. The first-order valence-electron chi connectivity index (χ1n) is 9.60. The van der Waals surface area contributed by atoms with Gasteiger partial charge in [0.1, 0.15) is 5.75 Å². The van der Waals surface area contributed by atoms with Crippen LogP contribution in [0.1, 0.15) is 32.6 Å². The summed E-state index contributed by atoms with van der Waals surface area (Å²) >= 11 is 0. The number of hydrogen-bond donors (Lipinski definition) is 1. The molecular weight excluding hydrogens is 366 g/mol. The van der Waals surface area contributed by atoms with Crippen molar-refractivity contribution in [3.8, 4) is 5.75 Å². The van der Waals surface area contributed by atoms with Gasteiger partial charge in [-0.05, 0) is 30.7 Å². The van der Waals surface area contributed by atoms with Crippen molar-refractivity contribution in [2.24, 2.45) is 0 Å². The molecule has 152 valence electrons. The summed E-state index contributed by atoms with van der Waals surface area (Å²) in [5.74, 6) is 0.637. The van der Waals surface area contributed by atoms with Crippen LogP contribution in [0.15, 0.2) is 29.2 Å². The Morgan fingerprint density at radius 2 is 1.74 bits per heavy atom. The van der Waals surface area contributed by atoms with E-state index < -0.39 is 10.0 Å². The lowest BCUT2D eigenvalue weighted by Crippen LogP contribution is -2.51. The number of hydrogen-bond acceptors (Lipinski definition) is 5. The molecule has 1 aromatic carbocycles. The molecule has 2 rings (SSSR count). The average Bonchev–Trinajstić information content (AvgIpc) is 2.68. The normalized spacial score (nSPS) is 16.2. The number of carbonyl (C=O) groups excluding carboxylic acids is 1. The molecule has 0 saturated carbocycles. The number of methoxy groups -OCH3 is 1. The van der Waals surface area contributed by atoms with Crippen molar-refractivity contribution < 1.29 is 17.9 Å². The Kier molecular flexibility index (Phi) is 8.53. The van der Waals surface area contributed by atoms with E-state index in [0.29, 0.717) is 45.0 Å². The highest BCUT2D eigenvalue weighted by Gasteiger charge is 2.29. The third-order valence-electron chi connectivity index (χ3n) is 4.75. The van der Waals surface area contributed by atoms with E-state index in [1.54, 1.807) is 31.4 Å². The van der Waals surface area contributed by atoms with E-state index in [4.69, 9.17) is 4.74 Å². The maximum atomic E-state index is 12.7. The van der Waals surface area contributed by atoms with Gasteiger partial charge < -0.3 is 10.1 Å². The van der Waals surface area contributed by atoms with Gasteiger partial charge in [0.15, 0.2) is 0 Å². The summed E-state index contributed by atoms with van der Waals surface area (Å²) < 4.78 is 32.0. The molecule has 1 amide bonds. The Morgan fingerprint density at radius 1 is 1.07 bits per heavy atom. The Labute approximate surface area is 162 Å². The first-order chi connectivity index (χ1) is 13.0. The molecule has 0 radical (unpaired) electrons. The van der Waals surface area contributed by atoms with Crippen LogP contribution in [-0.4, -0.2) is 69.9 Å². The molecule has 0 aliphatic carbocycles. The van der Waals surface area contributed by atoms with Crippen LogP contribution in [0.5, 0.6) is 5.75 Å². The van der Waals surface area contributed by atoms with Gasteiger partial charge in [-0.2, -0.15) is 4.31 Å².